The molecule has 0 aliphatic heterocycles. The predicted molar refractivity (Wildman–Crippen MR) is 92.2 cm³/mol. The van der Waals surface area contributed by atoms with E-state index in [0.29, 0.717) is 11.6 Å². The molecule has 0 bridgehead atoms. The van der Waals surface area contributed by atoms with E-state index in [9.17, 15) is 4.79 Å². The number of nitrogens with one attached hydrogen (secondary N) is 1. The molecule has 24 heavy (non-hydrogen) atoms. The number of fused-ring (bicyclic) bond motifs is 1. The van der Waals surface area contributed by atoms with Crippen molar-refractivity contribution in [1.82, 2.24) is 9.88 Å². The van der Waals surface area contributed by atoms with Gasteiger partial charge >= 0.3 is 6.03 Å². The molecule has 0 aliphatic rings. The molecule has 0 saturated carbocycles. The van der Waals surface area contributed by atoms with Gasteiger partial charge in [-0.05, 0) is 31.2 Å². The average molecular weight is 325 g/mol. The number of methoxy groups -OCH3 is 1. The highest BCUT2D eigenvalue weighted by Gasteiger charge is 2.21. The van der Waals surface area contributed by atoms with Gasteiger partial charge in [-0.1, -0.05) is 18.2 Å². The Morgan fingerprint density at radius 1 is 1.29 bits per heavy atom. The Kier molecular flexibility index (Phi) is 4.37. The highest BCUT2D eigenvalue weighted by atomic mass is 16.5. The zero-order chi connectivity index (χ0) is 17.1. The molecule has 6 heteroatoms. The molecule has 2 heterocycles. The summed E-state index contributed by atoms with van der Waals surface area (Å²) in [4.78, 5) is 18.1. The number of carbonyl (C=O) groups is 1. The molecular weight excluding hydrogens is 306 g/mol. The number of amides is 2. The van der Waals surface area contributed by atoms with Crippen LogP contribution in [0.5, 0.6) is 5.88 Å². The van der Waals surface area contributed by atoms with Crippen molar-refractivity contribution in [3.8, 4) is 5.88 Å². The number of rotatable bonds is 4. The molecule has 6 nitrogen and oxygen atoms in total. The van der Waals surface area contributed by atoms with Crippen LogP contribution in [0.4, 0.5) is 10.5 Å². The minimum atomic E-state index is -0.269. The number of hydrogen-bond acceptors (Lipinski definition) is 4. The standard InChI is InChI=1S/C18H19N3O3/c1-12(16-11-13-7-4-5-9-15(13)24-16)21(2)18(22)20-14-8-6-10-19-17(14)23-3/h4-12H,1-3H3,(H,20,22). The Hall–Kier alpha value is -3.02. The minimum absolute atomic E-state index is 0.222. The molecule has 0 spiro atoms. The molecule has 0 saturated heterocycles. The fourth-order valence-electron chi connectivity index (χ4n) is 2.43. The third kappa shape index (κ3) is 3.03. The van der Waals surface area contributed by atoms with Crippen LogP contribution in [0.1, 0.15) is 18.7 Å². The van der Waals surface area contributed by atoms with Gasteiger partial charge in [0.05, 0.1) is 13.2 Å². The molecule has 1 atom stereocenters. The quantitative estimate of drug-likeness (QED) is 0.785. The lowest BCUT2D eigenvalue weighted by atomic mass is 10.2. The lowest BCUT2D eigenvalue weighted by Gasteiger charge is -2.23. The summed E-state index contributed by atoms with van der Waals surface area (Å²) < 4.78 is 11.0. The number of aromatic nitrogens is 1. The van der Waals surface area contributed by atoms with Crippen LogP contribution in [0.2, 0.25) is 0 Å². The highest BCUT2D eigenvalue weighted by molar-refractivity contribution is 5.90. The maximum Gasteiger partial charge on any atom is 0.322 e. The van der Waals surface area contributed by atoms with Gasteiger partial charge in [-0.25, -0.2) is 9.78 Å². The molecule has 1 N–H and O–H groups in total. The first kappa shape index (κ1) is 15.9. The van der Waals surface area contributed by atoms with E-state index in [1.807, 2.05) is 37.3 Å². The van der Waals surface area contributed by atoms with E-state index in [0.717, 1.165) is 16.7 Å². The highest BCUT2D eigenvalue weighted by Crippen LogP contribution is 2.27. The lowest BCUT2D eigenvalue weighted by molar-refractivity contribution is 0.201. The van der Waals surface area contributed by atoms with E-state index in [2.05, 4.69) is 10.3 Å². The van der Waals surface area contributed by atoms with Gasteiger partial charge < -0.3 is 19.4 Å². The maximum atomic E-state index is 12.5. The fraction of sp³-hybridized carbons (Fsp3) is 0.222. The number of urea groups is 1. The maximum absolute atomic E-state index is 12.5. The summed E-state index contributed by atoms with van der Waals surface area (Å²) in [5.74, 6) is 1.10. The van der Waals surface area contributed by atoms with Crippen LogP contribution in [0, 0.1) is 0 Å². The topological polar surface area (TPSA) is 67.6 Å². The van der Waals surface area contributed by atoms with Gasteiger partial charge in [-0.3, -0.25) is 0 Å². The molecule has 124 valence electrons. The van der Waals surface area contributed by atoms with Gasteiger partial charge in [-0.15, -0.1) is 0 Å². The van der Waals surface area contributed by atoms with Gasteiger partial charge in [0.25, 0.3) is 0 Å². The number of ether oxygens (including phenoxy) is 1. The third-order valence-corrected chi connectivity index (χ3v) is 3.96. The van der Waals surface area contributed by atoms with Crippen molar-refractivity contribution in [2.75, 3.05) is 19.5 Å². The van der Waals surface area contributed by atoms with E-state index in [-0.39, 0.29) is 12.1 Å². The zero-order valence-corrected chi connectivity index (χ0v) is 13.8. The molecule has 1 aromatic carbocycles. The monoisotopic (exact) mass is 325 g/mol. The predicted octanol–water partition coefficient (Wildman–Crippen LogP) is 4.06. The second-order valence-corrected chi connectivity index (χ2v) is 5.46. The molecule has 0 fully saturated rings. The van der Waals surface area contributed by atoms with Crippen LogP contribution >= 0.6 is 0 Å². The molecule has 0 radical (unpaired) electrons. The first-order valence-corrected chi connectivity index (χ1v) is 7.61. The number of carbonyl (C=O) groups excluding carboxylic acids is 1. The van der Waals surface area contributed by atoms with E-state index in [1.54, 1.807) is 30.3 Å². The zero-order valence-electron chi connectivity index (χ0n) is 13.8. The second-order valence-electron chi connectivity index (χ2n) is 5.46. The third-order valence-electron chi connectivity index (χ3n) is 3.96. The second kappa shape index (κ2) is 6.62. The number of benzene rings is 1. The molecule has 1 unspecified atom stereocenters. The largest absolute Gasteiger partial charge is 0.480 e. The summed E-state index contributed by atoms with van der Waals surface area (Å²) in [6.45, 7) is 1.91. The van der Waals surface area contributed by atoms with Crippen molar-refractivity contribution in [3.05, 3.63) is 54.4 Å². The minimum Gasteiger partial charge on any atom is -0.480 e. The Balaban J connectivity index is 1.77. The van der Waals surface area contributed by atoms with Gasteiger partial charge in [0.1, 0.15) is 17.0 Å². The Labute approximate surface area is 140 Å². The van der Waals surface area contributed by atoms with Crippen molar-refractivity contribution < 1.29 is 13.9 Å². The Morgan fingerprint density at radius 3 is 2.83 bits per heavy atom. The molecule has 2 amide bonds. The van der Waals surface area contributed by atoms with Gasteiger partial charge in [0.15, 0.2) is 0 Å². The van der Waals surface area contributed by atoms with E-state index in [1.165, 1.54) is 7.11 Å². The van der Waals surface area contributed by atoms with Crippen LogP contribution in [0.15, 0.2) is 53.1 Å². The summed E-state index contributed by atoms with van der Waals surface area (Å²) in [6, 6.07) is 12.7. The Morgan fingerprint density at radius 2 is 2.08 bits per heavy atom. The Bertz CT molecular complexity index is 826. The SMILES string of the molecule is COc1ncccc1NC(=O)N(C)C(C)c1cc2ccccc2o1. The summed E-state index contributed by atoms with van der Waals surface area (Å²) >= 11 is 0. The first-order valence-electron chi connectivity index (χ1n) is 7.61. The number of pyridine rings is 1. The number of nitrogens with zero attached hydrogens (tertiary/aromatic N) is 2. The van der Waals surface area contributed by atoms with Crippen LogP contribution in [0.3, 0.4) is 0 Å². The lowest BCUT2D eigenvalue weighted by Crippen LogP contribution is -2.33. The summed E-state index contributed by atoms with van der Waals surface area (Å²) in [6.07, 6.45) is 1.61. The van der Waals surface area contributed by atoms with Crippen LogP contribution in [0.25, 0.3) is 11.0 Å². The van der Waals surface area contributed by atoms with E-state index < -0.39 is 0 Å². The molecule has 0 aliphatic carbocycles. The number of furan rings is 1. The average Bonchev–Trinajstić information content (AvgIpc) is 3.05. The molecule has 3 rings (SSSR count). The number of anilines is 1. The normalized spacial score (nSPS) is 12.0. The number of hydrogen-bond donors (Lipinski definition) is 1. The molecule has 3 aromatic rings. The van der Waals surface area contributed by atoms with Gasteiger partial charge in [-0.2, -0.15) is 0 Å². The van der Waals surface area contributed by atoms with Crippen LogP contribution in [-0.4, -0.2) is 30.1 Å². The van der Waals surface area contributed by atoms with Gasteiger partial charge in [0, 0.05) is 18.6 Å². The van der Waals surface area contributed by atoms with E-state index in [4.69, 9.17) is 9.15 Å². The van der Waals surface area contributed by atoms with Crippen molar-refractivity contribution >= 4 is 22.7 Å². The van der Waals surface area contributed by atoms with Crippen molar-refractivity contribution in [2.45, 2.75) is 13.0 Å². The number of para-hydroxylation sites is 1. The summed E-state index contributed by atoms with van der Waals surface area (Å²) in [5.41, 5.74) is 1.33. The fourth-order valence-corrected chi connectivity index (χ4v) is 2.43. The van der Waals surface area contributed by atoms with Crippen molar-refractivity contribution in [2.24, 2.45) is 0 Å². The summed E-state index contributed by atoms with van der Waals surface area (Å²) in [7, 11) is 3.23. The van der Waals surface area contributed by atoms with Crippen LogP contribution in [-0.2, 0) is 0 Å². The van der Waals surface area contributed by atoms with Crippen LogP contribution < -0.4 is 10.1 Å². The van der Waals surface area contributed by atoms with Crippen molar-refractivity contribution in [3.63, 3.8) is 0 Å². The molecule has 2 aromatic heterocycles. The smallest absolute Gasteiger partial charge is 0.322 e. The summed E-state index contributed by atoms with van der Waals surface area (Å²) in [5, 5.41) is 3.82. The van der Waals surface area contributed by atoms with E-state index >= 15 is 0 Å². The van der Waals surface area contributed by atoms with Crippen molar-refractivity contribution in [1.29, 1.82) is 0 Å². The molecular formula is C18H19N3O3. The van der Waals surface area contributed by atoms with Gasteiger partial charge in [0.2, 0.25) is 5.88 Å². The first-order chi connectivity index (χ1) is 11.6.